The molecule has 0 saturated heterocycles. The van der Waals surface area contributed by atoms with E-state index in [9.17, 15) is 27.2 Å². The van der Waals surface area contributed by atoms with E-state index in [4.69, 9.17) is 0 Å². The Hall–Kier alpha value is -2.68. The van der Waals surface area contributed by atoms with E-state index in [1.165, 1.54) is 30.3 Å². The third-order valence-electron chi connectivity index (χ3n) is 4.09. The minimum atomic E-state index is -4.44. The highest BCUT2D eigenvalue weighted by molar-refractivity contribution is 9.10. The number of hydrogen-bond donors (Lipinski definition) is 1. The molecule has 0 amide bonds. The van der Waals surface area contributed by atoms with Gasteiger partial charge in [0, 0.05) is 12.1 Å². The van der Waals surface area contributed by atoms with Crippen LogP contribution in [-0.4, -0.2) is 9.55 Å². The van der Waals surface area contributed by atoms with E-state index in [0.717, 1.165) is 16.7 Å². The van der Waals surface area contributed by atoms with Crippen molar-refractivity contribution in [2.45, 2.75) is 19.1 Å². The smallest absolute Gasteiger partial charge is 0.310 e. The Balaban J connectivity index is 1.90. The van der Waals surface area contributed by atoms with Gasteiger partial charge in [0.1, 0.15) is 10.3 Å². The van der Waals surface area contributed by atoms with Crippen LogP contribution in [0.2, 0.25) is 0 Å². The molecule has 1 N–H and O–H groups in total. The van der Waals surface area contributed by atoms with E-state index in [1.54, 1.807) is 6.07 Å². The molecule has 28 heavy (non-hydrogen) atoms. The maximum Gasteiger partial charge on any atom is 0.416 e. The topological polar surface area (TPSA) is 54.9 Å². The first-order valence-corrected chi connectivity index (χ1v) is 8.86. The monoisotopic (exact) mass is 456 g/mol. The lowest BCUT2D eigenvalue weighted by atomic mass is 10.1. The molecule has 1 aromatic heterocycles. The molecule has 3 rings (SSSR count). The largest absolute Gasteiger partial charge is 0.416 e. The second-order valence-corrected chi connectivity index (χ2v) is 6.91. The lowest BCUT2D eigenvalue weighted by Gasteiger charge is -2.11. The molecule has 0 radical (unpaired) electrons. The molecule has 4 nitrogen and oxygen atoms in total. The zero-order valence-electron chi connectivity index (χ0n) is 14.2. The molecule has 9 heteroatoms. The van der Waals surface area contributed by atoms with Crippen LogP contribution in [0.15, 0.2) is 62.6 Å². The quantitative estimate of drug-likeness (QED) is 0.601. The first-order chi connectivity index (χ1) is 13.1. The van der Waals surface area contributed by atoms with Crippen LogP contribution in [0.3, 0.4) is 0 Å². The Labute approximate surface area is 164 Å². The van der Waals surface area contributed by atoms with Gasteiger partial charge in [-0.25, -0.2) is 9.18 Å². The molecule has 0 aliphatic heterocycles. The minimum absolute atomic E-state index is 0.0595. The molecule has 1 heterocycles. The summed E-state index contributed by atoms with van der Waals surface area (Å²) in [6, 6.07) is 9.96. The zero-order valence-corrected chi connectivity index (χ0v) is 15.8. The van der Waals surface area contributed by atoms with Gasteiger partial charge in [-0.3, -0.25) is 9.36 Å². The van der Waals surface area contributed by atoms with Gasteiger partial charge in [0.05, 0.1) is 12.1 Å². The van der Waals surface area contributed by atoms with Crippen molar-refractivity contribution in [2.75, 3.05) is 0 Å². The summed E-state index contributed by atoms with van der Waals surface area (Å²) in [6.45, 7) is -0.120. The zero-order chi connectivity index (χ0) is 20.5. The van der Waals surface area contributed by atoms with Gasteiger partial charge < -0.3 is 4.98 Å². The van der Waals surface area contributed by atoms with E-state index >= 15 is 0 Å². The number of nitrogens with one attached hydrogen (secondary N) is 1. The molecule has 146 valence electrons. The Morgan fingerprint density at radius 1 is 1.00 bits per heavy atom. The fraction of sp³-hybridized carbons (Fsp3) is 0.158. The van der Waals surface area contributed by atoms with Crippen LogP contribution in [0.1, 0.15) is 22.4 Å². The van der Waals surface area contributed by atoms with Crippen molar-refractivity contribution < 1.29 is 17.6 Å². The SMILES string of the molecule is O=c1[nH]c(Cc2ccc(C(F)(F)F)cc2)c(Br)c(=O)n1Cc1cccc(F)c1. The molecule has 3 aromatic rings. The van der Waals surface area contributed by atoms with E-state index < -0.39 is 28.8 Å². The predicted octanol–water partition coefficient (Wildman–Crippen LogP) is 4.10. The van der Waals surface area contributed by atoms with Crippen molar-refractivity contribution in [1.82, 2.24) is 9.55 Å². The Bertz CT molecular complexity index is 1120. The third kappa shape index (κ3) is 4.41. The van der Waals surface area contributed by atoms with Crippen LogP contribution in [-0.2, 0) is 19.1 Å². The number of alkyl halides is 3. The van der Waals surface area contributed by atoms with Gasteiger partial charge in [-0.2, -0.15) is 13.2 Å². The molecule has 0 atom stereocenters. The van der Waals surface area contributed by atoms with Crippen molar-refractivity contribution >= 4 is 15.9 Å². The van der Waals surface area contributed by atoms with Crippen LogP contribution >= 0.6 is 15.9 Å². The Morgan fingerprint density at radius 3 is 2.29 bits per heavy atom. The van der Waals surface area contributed by atoms with Gasteiger partial charge in [-0.1, -0.05) is 24.3 Å². The first-order valence-electron chi connectivity index (χ1n) is 8.07. The summed E-state index contributed by atoms with van der Waals surface area (Å²) in [5.41, 5.74) is -0.921. The maximum atomic E-state index is 13.3. The van der Waals surface area contributed by atoms with Crippen molar-refractivity contribution in [3.8, 4) is 0 Å². The summed E-state index contributed by atoms with van der Waals surface area (Å²) >= 11 is 3.14. The van der Waals surface area contributed by atoms with Crippen LogP contribution in [0.25, 0.3) is 0 Å². The maximum absolute atomic E-state index is 13.3. The van der Waals surface area contributed by atoms with Gasteiger partial charge in [0.2, 0.25) is 0 Å². The van der Waals surface area contributed by atoms with Gasteiger partial charge in [0.25, 0.3) is 5.56 Å². The normalized spacial score (nSPS) is 11.6. The number of benzene rings is 2. The fourth-order valence-electron chi connectivity index (χ4n) is 2.69. The predicted molar refractivity (Wildman–Crippen MR) is 98.8 cm³/mol. The summed E-state index contributed by atoms with van der Waals surface area (Å²) in [5.74, 6) is -0.486. The highest BCUT2D eigenvalue weighted by Gasteiger charge is 2.30. The van der Waals surface area contributed by atoms with Crippen molar-refractivity contribution in [3.05, 3.63) is 102 Å². The number of hydrogen-bond acceptors (Lipinski definition) is 2. The number of aromatic nitrogens is 2. The molecule has 0 aliphatic rings. The number of rotatable bonds is 4. The molecule has 2 aromatic carbocycles. The molecule has 0 unspecified atom stereocenters. The first kappa shape index (κ1) is 20.1. The molecule has 0 aliphatic carbocycles. The minimum Gasteiger partial charge on any atom is -0.310 e. The van der Waals surface area contributed by atoms with E-state index in [2.05, 4.69) is 20.9 Å². The molecular formula is C19H13BrF4N2O2. The lowest BCUT2D eigenvalue weighted by molar-refractivity contribution is -0.137. The van der Waals surface area contributed by atoms with Gasteiger partial charge >= 0.3 is 11.9 Å². The van der Waals surface area contributed by atoms with E-state index in [0.29, 0.717) is 11.1 Å². The van der Waals surface area contributed by atoms with Crippen LogP contribution < -0.4 is 11.2 Å². The van der Waals surface area contributed by atoms with E-state index in [1.807, 2.05) is 0 Å². The molecular weight excluding hydrogens is 444 g/mol. The summed E-state index contributed by atoms with van der Waals surface area (Å²) in [6.07, 6.45) is -4.38. The van der Waals surface area contributed by atoms with Crippen molar-refractivity contribution in [2.24, 2.45) is 0 Å². The number of aromatic amines is 1. The Morgan fingerprint density at radius 2 is 1.68 bits per heavy atom. The van der Waals surface area contributed by atoms with Crippen LogP contribution in [0, 0.1) is 5.82 Å². The van der Waals surface area contributed by atoms with Crippen LogP contribution in [0.5, 0.6) is 0 Å². The number of halogens is 5. The Kier molecular flexibility index (Phi) is 5.55. The van der Waals surface area contributed by atoms with Crippen LogP contribution in [0.4, 0.5) is 17.6 Å². The highest BCUT2D eigenvalue weighted by atomic mass is 79.9. The lowest BCUT2D eigenvalue weighted by Crippen LogP contribution is -2.37. The standard InChI is InChI=1S/C19H13BrF4N2O2/c20-16-15(9-11-4-6-13(7-5-11)19(22,23)24)25-18(28)26(17(16)27)10-12-2-1-3-14(21)8-12/h1-8H,9-10H2,(H,25,28). The number of H-pyrrole nitrogens is 1. The molecule has 0 spiro atoms. The van der Waals surface area contributed by atoms with Crippen molar-refractivity contribution in [3.63, 3.8) is 0 Å². The summed E-state index contributed by atoms with van der Waals surface area (Å²) < 4.78 is 52.2. The molecule has 0 bridgehead atoms. The van der Waals surface area contributed by atoms with E-state index in [-0.39, 0.29) is 23.1 Å². The second kappa shape index (κ2) is 7.75. The highest BCUT2D eigenvalue weighted by Crippen LogP contribution is 2.29. The molecule has 0 fully saturated rings. The molecule has 0 saturated carbocycles. The van der Waals surface area contributed by atoms with Gasteiger partial charge in [0.15, 0.2) is 0 Å². The van der Waals surface area contributed by atoms with Gasteiger partial charge in [-0.05, 0) is 51.3 Å². The summed E-state index contributed by atoms with van der Waals surface area (Å²) in [7, 11) is 0. The summed E-state index contributed by atoms with van der Waals surface area (Å²) in [5, 5.41) is 0. The fourth-order valence-corrected chi connectivity index (χ4v) is 3.14. The average Bonchev–Trinajstić information content (AvgIpc) is 2.63. The average molecular weight is 457 g/mol. The van der Waals surface area contributed by atoms with Crippen molar-refractivity contribution in [1.29, 1.82) is 0 Å². The second-order valence-electron chi connectivity index (χ2n) is 6.12. The number of nitrogens with zero attached hydrogens (tertiary/aromatic N) is 1. The third-order valence-corrected chi connectivity index (χ3v) is 4.91. The summed E-state index contributed by atoms with van der Waals surface area (Å²) in [4.78, 5) is 27.4. The van der Waals surface area contributed by atoms with Gasteiger partial charge in [-0.15, -0.1) is 0 Å².